The van der Waals surface area contributed by atoms with Crippen LogP contribution in [0.25, 0.3) is 16.5 Å². The van der Waals surface area contributed by atoms with Crippen molar-refractivity contribution in [1.29, 1.82) is 0 Å². The summed E-state index contributed by atoms with van der Waals surface area (Å²) >= 11 is 6.06. The van der Waals surface area contributed by atoms with Crippen LogP contribution in [0, 0.1) is 0 Å². The minimum absolute atomic E-state index is 0.184. The van der Waals surface area contributed by atoms with Crippen molar-refractivity contribution >= 4 is 39.9 Å². The third kappa shape index (κ3) is 3.63. The highest BCUT2D eigenvalue weighted by atomic mass is 35.5. The summed E-state index contributed by atoms with van der Waals surface area (Å²) in [6.45, 7) is 1.97. The van der Waals surface area contributed by atoms with Gasteiger partial charge in [-0.3, -0.25) is 14.5 Å². The van der Waals surface area contributed by atoms with Gasteiger partial charge in [0.1, 0.15) is 5.70 Å². The molecule has 3 heterocycles. The van der Waals surface area contributed by atoms with Crippen LogP contribution >= 0.6 is 11.6 Å². The van der Waals surface area contributed by atoms with Crippen LogP contribution < -0.4 is 0 Å². The molecule has 0 spiro atoms. The average molecular weight is 434 g/mol. The van der Waals surface area contributed by atoms with Crippen molar-refractivity contribution in [3.63, 3.8) is 0 Å². The molecular weight excluding hydrogens is 410 g/mol. The lowest BCUT2D eigenvalue weighted by molar-refractivity contribution is -0.137. The normalized spacial score (nSPS) is 17.3. The van der Waals surface area contributed by atoms with Gasteiger partial charge in [0.05, 0.1) is 5.57 Å². The first-order valence-electron chi connectivity index (χ1n) is 10.8. The molecule has 2 amide bonds. The predicted molar refractivity (Wildman–Crippen MR) is 123 cm³/mol. The third-order valence-electron chi connectivity index (χ3n) is 6.23. The highest BCUT2D eigenvalue weighted by molar-refractivity contribution is 6.36. The Morgan fingerprint density at radius 2 is 1.65 bits per heavy atom. The Bertz CT molecular complexity index is 1170. The van der Waals surface area contributed by atoms with E-state index in [-0.39, 0.29) is 11.8 Å². The fourth-order valence-corrected chi connectivity index (χ4v) is 4.75. The molecule has 1 saturated heterocycles. The molecule has 0 radical (unpaired) electrons. The summed E-state index contributed by atoms with van der Waals surface area (Å²) in [7, 11) is 0. The van der Waals surface area contributed by atoms with Gasteiger partial charge in [-0.25, -0.2) is 0 Å². The monoisotopic (exact) mass is 433 g/mol. The first kappa shape index (κ1) is 19.9. The number of hydrogen-bond donors (Lipinski definition) is 1. The zero-order valence-corrected chi connectivity index (χ0v) is 18.0. The zero-order valence-electron chi connectivity index (χ0n) is 17.2. The second-order valence-corrected chi connectivity index (χ2v) is 8.59. The predicted octanol–water partition coefficient (Wildman–Crippen LogP) is 4.63. The van der Waals surface area contributed by atoms with Crippen molar-refractivity contribution < 1.29 is 9.59 Å². The van der Waals surface area contributed by atoms with Crippen LogP contribution in [0.1, 0.15) is 30.4 Å². The summed E-state index contributed by atoms with van der Waals surface area (Å²) in [4.78, 5) is 33.7. The van der Waals surface area contributed by atoms with Crippen LogP contribution in [-0.4, -0.2) is 46.2 Å². The van der Waals surface area contributed by atoms with E-state index >= 15 is 0 Å². The molecule has 2 aliphatic rings. The Labute approximate surface area is 186 Å². The van der Waals surface area contributed by atoms with Crippen LogP contribution in [0.5, 0.6) is 0 Å². The zero-order chi connectivity index (χ0) is 21.4. The number of nitrogens with zero attached hydrogens (tertiary/aromatic N) is 2. The number of fused-ring (bicyclic) bond motifs is 1. The average Bonchev–Trinajstić information content (AvgIpc) is 3.32. The molecule has 158 valence electrons. The van der Waals surface area contributed by atoms with Gasteiger partial charge in [0.25, 0.3) is 11.8 Å². The van der Waals surface area contributed by atoms with Gasteiger partial charge in [-0.05, 0) is 55.0 Å². The molecule has 3 aromatic rings. The smallest absolute Gasteiger partial charge is 0.277 e. The molecular formula is C25H24ClN3O2. The van der Waals surface area contributed by atoms with Gasteiger partial charge >= 0.3 is 0 Å². The van der Waals surface area contributed by atoms with Crippen molar-refractivity contribution in [3.8, 4) is 0 Å². The Morgan fingerprint density at radius 3 is 2.42 bits per heavy atom. The Balaban J connectivity index is 1.45. The molecule has 0 saturated carbocycles. The number of benzene rings is 2. The first-order valence-corrected chi connectivity index (χ1v) is 11.2. The number of rotatable bonds is 5. The number of piperidine rings is 1. The van der Waals surface area contributed by atoms with Crippen molar-refractivity contribution in [2.24, 2.45) is 0 Å². The number of likely N-dealkylation sites (tertiary alicyclic amines) is 1. The lowest BCUT2D eigenvalue weighted by atomic mass is 10.0. The molecule has 31 heavy (non-hydrogen) atoms. The van der Waals surface area contributed by atoms with Gasteiger partial charge in [-0.2, -0.15) is 0 Å². The van der Waals surface area contributed by atoms with Gasteiger partial charge in [0, 0.05) is 41.8 Å². The lowest BCUT2D eigenvalue weighted by Gasteiger charge is -2.29. The quantitative estimate of drug-likeness (QED) is 0.597. The number of carbonyl (C=O) groups is 2. The molecule has 5 rings (SSSR count). The van der Waals surface area contributed by atoms with Crippen molar-refractivity contribution in [1.82, 2.24) is 14.8 Å². The fourth-order valence-electron chi connectivity index (χ4n) is 4.62. The number of halogens is 1. The maximum atomic E-state index is 13.5. The molecule has 1 aromatic heterocycles. The largest absolute Gasteiger partial charge is 0.366 e. The van der Waals surface area contributed by atoms with E-state index < -0.39 is 0 Å². The van der Waals surface area contributed by atoms with E-state index in [0.717, 1.165) is 54.4 Å². The first-order chi connectivity index (χ1) is 15.1. The van der Waals surface area contributed by atoms with E-state index in [9.17, 15) is 9.59 Å². The second-order valence-electron chi connectivity index (χ2n) is 8.15. The molecule has 2 aliphatic heterocycles. The van der Waals surface area contributed by atoms with E-state index in [1.807, 2.05) is 36.5 Å². The molecule has 5 nitrogen and oxygen atoms in total. The molecule has 0 bridgehead atoms. The summed E-state index contributed by atoms with van der Waals surface area (Å²) < 4.78 is 0. The van der Waals surface area contributed by atoms with Crippen LogP contribution in [-0.2, 0) is 16.0 Å². The van der Waals surface area contributed by atoms with E-state index in [0.29, 0.717) is 29.3 Å². The van der Waals surface area contributed by atoms with E-state index in [1.54, 1.807) is 12.1 Å². The van der Waals surface area contributed by atoms with Gasteiger partial charge in [0.15, 0.2) is 0 Å². The summed E-state index contributed by atoms with van der Waals surface area (Å²) in [6.07, 6.45) is 5.81. The molecule has 0 unspecified atom stereocenters. The Kier molecular flexibility index (Phi) is 5.28. The van der Waals surface area contributed by atoms with Crippen LogP contribution in [0.15, 0.2) is 60.4 Å². The molecule has 6 heteroatoms. The number of nitrogens with one attached hydrogen (secondary N) is 1. The Morgan fingerprint density at radius 1 is 0.903 bits per heavy atom. The number of hydrogen-bond acceptors (Lipinski definition) is 3. The number of carbonyl (C=O) groups excluding carboxylic acids is 2. The fraction of sp³-hybridized carbons (Fsp3) is 0.280. The molecule has 0 atom stereocenters. The second kappa shape index (κ2) is 8.23. The minimum atomic E-state index is -0.215. The SMILES string of the molecule is O=C1C(c2ccc(Cl)cc2)=C(N2CCCCC2)C(=O)N1CCc1c[nH]c2ccccc12. The lowest BCUT2D eigenvalue weighted by Crippen LogP contribution is -2.38. The summed E-state index contributed by atoms with van der Waals surface area (Å²) in [6, 6.07) is 15.3. The van der Waals surface area contributed by atoms with Crippen molar-refractivity contribution in [2.75, 3.05) is 19.6 Å². The highest BCUT2D eigenvalue weighted by Gasteiger charge is 2.41. The number of aromatic nitrogens is 1. The maximum absolute atomic E-state index is 13.5. The number of H-pyrrole nitrogens is 1. The molecule has 0 aliphatic carbocycles. The standard InChI is InChI=1S/C25H24ClN3O2/c26-19-10-8-17(9-11-19)22-23(28-13-4-1-5-14-28)25(31)29(24(22)30)15-12-18-16-27-21-7-3-2-6-20(18)21/h2-3,6-11,16,27H,1,4-5,12-15H2. The molecule has 1 fully saturated rings. The minimum Gasteiger partial charge on any atom is -0.366 e. The number of imide groups is 1. The topological polar surface area (TPSA) is 56.4 Å². The van der Waals surface area contributed by atoms with Gasteiger partial charge in [-0.15, -0.1) is 0 Å². The number of para-hydroxylation sites is 1. The summed E-state index contributed by atoms with van der Waals surface area (Å²) in [5, 5.41) is 1.74. The van der Waals surface area contributed by atoms with Crippen LogP contribution in [0.3, 0.4) is 0 Å². The van der Waals surface area contributed by atoms with E-state index in [1.165, 1.54) is 4.90 Å². The van der Waals surface area contributed by atoms with Gasteiger partial charge in [-0.1, -0.05) is 41.9 Å². The number of amides is 2. The van der Waals surface area contributed by atoms with Crippen LogP contribution in [0.4, 0.5) is 0 Å². The van der Waals surface area contributed by atoms with Gasteiger partial charge in [0.2, 0.25) is 0 Å². The molecule has 2 aromatic carbocycles. The van der Waals surface area contributed by atoms with Crippen molar-refractivity contribution in [2.45, 2.75) is 25.7 Å². The molecule has 1 N–H and O–H groups in total. The number of aromatic amines is 1. The highest BCUT2D eigenvalue weighted by Crippen LogP contribution is 2.34. The van der Waals surface area contributed by atoms with E-state index in [4.69, 9.17) is 11.6 Å². The maximum Gasteiger partial charge on any atom is 0.277 e. The van der Waals surface area contributed by atoms with Gasteiger partial charge < -0.3 is 9.88 Å². The van der Waals surface area contributed by atoms with Crippen molar-refractivity contribution in [3.05, 3.63) is 76.6 Å². The van der Waals surface area contributed by atoms with E-state index in [2.05, 4.69) is 16.0 Å². The third-order valence-corrected chi connectivity index (χ3v) is 6.48. The summed E-state index contributed by atoms with van der Waals surface area (Å²) in [5.41, 5.74) is 3.97. The van der Waals surface area contributed by atoms with Crippen LogP contribution in [0.2, 0.25) is 5.02 Å². The Hall–Kier alpha value is -3.05. The summed E-state index contributed by atoms with van der Waals surface area (Å²) in [5.74, 6) is -0.399.